The van der Waals surface area contributed by atoms with Crippen molar-refractivity contribution >= 4 is 0 Å². The summed E-state index contributed by atoms with van der Waals surface area (Å²) in [6.07, 6.45) is 0. The summed E-state index contributed by atoms with van der Waals surface area (Å²) in [5.41, 5.74) is 0. The van der Waals surface area contributed by atoms with Crippen molar-refractivity contribution in [3.05, 3.63) is 29.2 Å². The second-order valence-corrected chi connectivity index (χ2v) is 0. The first-order valence-electron chi connectivity index (χ1n) is 0.707. The molecule has 0 saturated carbocycles. The van der Waals surface area contributed by atoms with Crippen LogP contribution in [0.15, 0.2) is 0 Å². The van der Waals surface area contributed by atoms with Crippen LogP contribution in [-0.2, 0) is 63.2 Å². The molecule has 0 aromatic rings. The van der Waals surface area contributed by atoms with Gasteiger partial charge in [0.2, 0.25) is 0 Å². The van der Waals surface area contributed by atoms with Crippen LogP contribution in [0.2, 0.25) is 0 Å². The van der Waals surface area contributed by atoms with Gasteiger partial charge < -0.3 is 29.2 Å². The van der Waals surface area contributed by atoms with E-state index in [0.29, 0.717) is 0 Å². The Balaban J connectivity index is -0.000000000333. The molecule has 54 valence electrons. The van der Waals surface area contributed by atoms with Crippen LogP contribution in [-0.4, -0.2) is 0 Å². The molecule has 0 aliphatic rings. The summed E-state index contributed by atoms with van der Waals surface area (Å²) in [4.78, 5) is 0. The van der Waals surface area contributed by atoms with E-state index >= 15 is 0 Å². The summed E-state index contributed by atoms with van der Waals surface area (Å²) in [5.74, 6) is 0. The van der Waals surface area contributed by atoms with Crippen LogP contribution < -0.4 is 0 Å². The fourth-order valence-corrected chi connectivity index (χ4v) is 0. The molecule has 0 heterocycles. The summed E-state index contributed by atoms with van der Waals surface area (Å²) in [6, 6.07) is 0. The zero-order chi connectivity index (χ0) is 2.00. The van der Waals surface area contributed by atoms with E-state index in [2.05, 4.69) is 6.92 Å². The van der Waals surface area contributed by atoms with Gasteiger partial charge in [-0.2, -0.15) is 6.92 Å². The van der Waals surface area contributed by atoms with Crippen LogP contribution in [0.5, 0.6) is 0 Å². The molecule has 0 spiro atoms. The summed E-state index contributed by atoms with van der Waals surface area (Å²) < 4.78 is 0. The van der Waals surface area contributed by atoms with Crippen LogP contribution in [0.25, 0.3) is 0 Å². The van der Waals surface area contributed by atoms with Gasteiger partial charge in [-0.3, -0.25) is 0 Å². The van der Waals surface area contributed by atoms with E-state index in [1.165, 1.54) is 0 Å². The summed E-state index contributed by atoms with van der Waals surface area (Å²) >= 11 is 0. The molecule has 0 aromatic carbocycles. The van der Waals surface area contributed by atoms with Gasteiger partial charge in [-0.15, -0.1) is 0 Å². The Morgan fingerprint density at radius 3 is 0.750 bits per heavy atom. The van der Waals surface area contributed by atoms with Crippen molar-refractivity contribution in [2.45, 2.75) is 6.92 Å². The third kappa shape index (κ3) is 94.4. The molecule has 0 rings (SSSR count). The van der Waals surface area contributed by atoms with E-state index in [1.54, 1.807) is 6.92 Å². The Morgan fingerprint density at radius 1 is 0.750 bits per heavy atom. The van der Waals surface area contributed by atoms with Crippen molar-refractivity contribution in [1.82, 2.24) is 0 Å². The van der Waals surface area contributed by atoms with Gasteiger partial charge in [-0.05, 0) is 0 Å². The van der Waals surface area contributed by atoms with Gasteiger partial charge in [0.1, 0.15) is 0 Å². The molecular formula is C5H14W3-2. The zero-order valence-electron chi connectivity index (χ0n) is 5.93. The molecule has 0 amide bonds. The quantitative estimate of drug-likeness (QED) is 0.363. The average Bonchev–Trinajstić information content (AvgIpc) is 1.00. The van der Waals surface area contributed by atoms with Gasteiger partial charge in [-0.1, -0.05) is 0 Å². The first kappa shape index (κ1) is 88.0. The van der Waals surface area contributed by atoms with Crippen LogP contribution in [0, 0.1) is 29.2 Å². The number of hydrogen-bond donors (Lipinski definition) is 0. The first-order chi connectivity index (χ1) is 1.00. The number of hydrogen-bond acceptors (Lipinski definition) is 0. The van der Waals surface area contributed by atoms with E-state index in [-0.39, 0.29) is 85.5 Å². The number of rotatable bonds is 0. The first-order valence-corrected chi connectivity index (χ1v) is 0.707. The third-order valence-corrected chi connectivity index (χ3v) is 0. The molecule has 0 fully saturated rings. The molecule has 0 radical (unpaired) electrons. The van der Waals surface area contributed by atoms with Crippen LogP contribution in [0.4, 0.5) is 0 Å². The largest absolute Gasteiger partial charge is 2.00 e. The van der Waals surface area contributed by atoms with Crippen molar-refractivity contribution in [3.8, 4) is 0 Å². The second-order valence-electron chi connectivity index (χ2n) is 0. The SMILES string of the molecule is [CH2-]C.[CH3-].[CH3-].[CH3-].[W+2].[W].[W]. The second kappa shape index (κ2) is 138. The minimum absolute atomic E-state index is 0. The molecule has 0 N–H and O–H groups in total. The van der Waals surface area contributed by atoms with E-state index in [0.717, 1.165) is 0 Å². The van der Waals surface area contributed by atoms with Gasteiger partial charge in [0.25, 0.3) is 0 Å². The van der Waals surface area contributed by atoms with Crippen LogP contribution >= 0.6 is 0 Å². The average molecular weight is 626 g/mol. The standard InChI is InChI=1S/C2H5.3CH3.3W/c1-2;;;;;;/h1H2,2H3;3*1H3;;;/q4*-1;;;+2. The zero-order valence-corrected chi connectivity index (χ0v) is 14.7. The van der Waals surface area contributed by atoms with E-state index in [4.69, 9.17) is 0 Å². The fraction of sp³-hybridized carbons (Fsp3) is 0.200. The minimum atomic E-state index is 0. The van der Waals surface area contributed by atoms with Gasteiger partial charge in [0.05, 0.1) is 0 Å². The summed E-state index contributed by atoms with van der Waals surface area (Å²) in [7, 11) is 0. The molecular weight excluding hydrogens is 612 g/mol. The smallest absolute Gasteiger partial charge is 0.358 e. The topological polar surface area (TPSA) is 0 Å². The van der Waals surface area contributed by atoms with E-state index < -0.39 is 0 Å². The molecule has 8 heavy (non-hydrogen) atoms. The van der Waals surface area contributed by atoms with Gasteiger partial charge in [0, 0.05) is 42.1 Å². The molecule has 0 aliphatic carbocycles. The fourth-order valence-electron chi connectivity index (χ4n) is 0. The maximum absolute atomic E-state index is 3.25. The van der Waals surface area contributed by atoms with Crippen molar-refractivity contribution in [2.24, 2.45) is 0 Å². The molecule has 0 unspecified atom stereocenters. The molecule has 3 heteroatoms. The van der Waals surface area contributed by atoms with Gasteiger partial charge in [-0.25, -0.2) is 0 Å². The van der Waals surface area contributed by atoms with Crippen molar-refractivity contribution in [2.75, 3.05) is 0 Å². The van der Waals surface area contributed by atoms with Crippen LogP contribution in [0.3, 0.4) is 0 Å². The Kier molecular flexibility index (Phi) is 1520. The Hall–Kier alpha value is 2.06. The summed E-state index contributed by atoms with van der Waals surface area (Å²) in [5, 5.41) is 0. The van der Waals surface area contributed by atoms with E-state index in [1.807, 2.05) is 0 Å². The van der Waals surface area contributed by atoms with Crippen molar-refractivity contribution in [1.29, 1.82) is 0 Å². The molecule has 0 nitrogen and oxygen atoms in total. The minimum Gasteiger partial charge on any atom is -0.358 e. The predicted molar refractivity (Wildman–Crippen MR) is 30.3 cm³/mol. The van der Waals surface area contributed by atoms with Gasteiger partial charge in [0.15, 0.2) is 0 Å². The van der Waals surface area contributed by atoms with E-state index in [9.17, 15) is 0 Å². The molecule has 0 aliphatic heterocycles. The Morgan fingerprint density at radius 2 is 0.750 bits per heavy atom. The Bertz CT molecular complexity index is 7.64. The molecule has 0 bridgehead atoms. The van der Waals surface area contributed by atoms with Crippen molar-refractivity contribution < 1.29 is 63.2 Å². The third-order valence-electron chi connectivity index (χ3n) is 0. The summed E-state index contributed by atoms with van der Waals surface area (Å²) in [6.45, 7) is 5.00. The van der Waals surface area contributed by atoms with Crippen molar-refractivity contribution in [3.63, 3.8) is 0 Å². The molecule has 0 atom stereocenters. The molecule has 0 aromatic heterocycles. The monoisotopic (exact) mass is 626 g/mol. The van der Waals surface area contributed by atoms with Gasteiger partial charge >= 0.3 is 21.1 Å². The van der Waals surface area contributed by atoms with Crippen LogP contribution in [0.1, 0.15) is 6.92 Å². The predicted octanol–water partition coefficient (Wildman–Crippen LogP) is 2.18. The normalized spacial score (nSPS) is 0.750. The Labute approximate surface area is 98.4 Å². The maximum atomic E-state index is 3.25. The molecule has 0 saturated heterocycles. The maximum Gasteiger partial charge on any atom is 2.00 e.